The molecule has 0 aromatic carbocycles. The van der Waals surface area contributed by atoms with Crippen molar-refractivity contribution in [3.05, 3.63) is 57.5 Å². The Bertz CT molecular complexity index is 2580. The summed E-state index contributed by atoms with van der Waals surface area (Å²) in [4.78, 5) is 21.3. The fourth-order valence-corrected chi connectivity index (χ4v) is 13.4. The number of rotatable bonds is 8. The first-order chi connectivity index (χ1) is 28.1. The number of hydrogen-bond acceptors (Lipinski definition) is 4. The number of aliphatic imine (C=N–C) groups is 2. The molecular formula is C45H50F6N8+2. The molecule has 4 fully saturated rings. The number of nitrogens with zero attached hydrogens (tertiary/aromatic N) is 8. The molecule has 0 saturated heterocycles. The number of amidine groups is 4. The molecule has 8 nitrogen and oxygen atoms in total. The Kier molecular flexibility index (Phi) is 7.24. The normalized spacial score (nSPS) is 28.3. The van der Waals surface area contributed by atoms with Crippen molar-refractivity contribution >= 4 is 35.0 Å². The molecular weight excluding hydrogens is 767 g/mol. The lowest BCUT2D eigenvalue weighted by molar-refractivity contribution is -0.792. The van der Waals surface area contributed by atoms with Gasteiger partial charge in [0.05, 0.1) is 10.8 Å². The smallest absolute Gasteiger partial charge is 0.212 e. The molecule has 14 heteroatoms. The summed E-state index contributed by atoms with van der Waals surface area (Å²) in [5.74, 6) is 1.63. The molecule has 0 amide bonds. The van der Waals surface area contributed by atoms with Gasteiger partial charge in [0.25, 0.3) is 23.3 Å². The fraction of sp³-hybridized carbons (Fsp3) is 0.644. The summed E-state index contributed by atoms with van der Waals surface area (Å²) < 4.78 is 99.4. The zero-order chi connectivity index (χ0) is 40.5. The maximum absolute atomic E-state index is 15.2. The molecule has 310 valence electrons. The second kappa shape index (κ2) is 11.6. The maximum atomic E-state index is 15.2. The third kappa shape index (κ3) is 4.80. The SMILES string of the molecule is CC1(Cc2cc3n4c2N=c2cc(CC5(C)CCCC5)c5n2C42[N+]4=C(C=C(CC6(C(F)(F)F)CCCC6)C4=N3)N=C3C(CC4(C(F)(F)F)CCCC4)=CC(=[N+]32)N=5)CCCC1. The first-order valence-electron chi connectivity index (χ1n) is 22.1. The van der Waals surface area contributed by atoms with Gasteiger partial charge in [-0.3, -0.25) is 0 Å². The Balaban J connectivity index is 1.13. The Hall–Kier alpha value is -4.10. The van der Waals surface area contributed by atoms with Crippen LogP contribution in [0.1, 0.15) is 141 Å². The van der Waals surface area contributed by atoms with E-state index in [9.17, 15) is 0 Å². The molecule has 0 N–H and O–H groups in total. The molecule has 4 aliphatic carbocycles. The van der Waals surface area contributed by atoms with E-state index < -0.39 is 29.1 Å². The molecule has 8 heterocycles. The van der Waals surface area contributed by atoms with E-state index in [1.807, 2.05) is 15.2 Å². The summed E-state index contributed by atoms with van der Waals surface area (Å²) in [6.07, 6.45) is 6.91. The molecule has 4 saturated carbocycles. The third-order valence-corrected chi connectivity index (χ3v) is 16.4. The number of halogens is 6. The van der Waals surface area contributed by atoms with Gasteiger partial charge in [0.1, 0.15) is 11.3 Å². The average molecular weight is 817 g/mol. The Labute approximate surface area is 338 Å². The van der Waals surface area contributed by atoms with Crippen molar-refractivity contribution in [2.45, 2.75) is 161 Å². The van der Waals surface area contributed by atoms with Crippen molar-refractivity contribution < 1.29 is 35.5 Å². The lowest BCUT2D eigenvalue weighted by Crippen LogP contribution is -2.71. The zero-order valence-electron chi connectivity index (χ0n) is 33.8. The van der Waals surface area contributed by atoms with E-state index in [0.29, 0.717) is 77.0 Å². The van der Waals surface area contributed by atoms with Gasteiger partial charge in [-0.1, -0.05) is 80.2 Å². The highest BCUT2D eigenvalue weighted by atomic mass is 19.4. The molecule has 0 bridgehead atoms. The molecule has 1 unspecified atom stereocenters. The van der Waals surface area contributed by atoms with E-state index in [2.05, 4.69) is 35.1 Å². The van der Waals surface area contributed by atoms with Crippen LogP contribution in [0.15, 0.2) is 55.4 Å². The van der Waals surface area contributed by atoms with Crippen LogP contribution in [0, 0.1) is 21.7 Å². The second-order valence-corrected chi connectivity index (χ2v) is 20.5. The van der Waals surface area contributed by atoms with E-state index in [4.69, 9.17) is 20.0 Å². The summed E-state index contributed by atoms with van der Waals surface area (Å²) in [6, 6.07) is 4.23. The van der Waals surface area contributed by atoms with E-state index in [1.54, 1.807) is 6.08 Å². The number of alkyl halides is 6. The quantitative estimate of drug-likeness (QED) is 0.188. The number of hydrogen-bond donors (Lipinski definition) is 0. The van der Waals surface area contributed by atoms with Crippen molar-refractivity contribution in [3.8, 4) is 0 Å². The minimum absolute atomic E-state index is 0.0433. The molecule has 12 rings (SSSR count). The highest BCUT2D eigenvalue weighted by molar-refractivity contribution is 6.18. The summed E-state index contributed by atoms with van der Waals surface area (Å²) in [5.41, 5.74) is 0.668. The van der Waals surface area contributed by atoms with Gasteiger partial charge in [-0.2, -0.15) is 26.3 Å². The molecule has 1 atom stereocenters. The van der Waals surface area contributed by atoms with Gasteiger partial charge in [-0.25, -0.2) is 14.1 Å². The highest BCUT2D eigenvalue weighted by Crippen LogP contribution is 2.58. The van der Waals surface area contributed by atoms with Gasteiger partial charge in [0, 0.05) is 40.5 Å². The lowest BCUT2D eigenvalue weighted by Gasteiger charge is -2.42. The molecule has 0 radical (unpaired) electrons. The van der Waals surface area contributed by atoms with Crippen LogP contribution >= 0.6 is 0 Å². The van der Waals surface area contributed by atoms with Crippen molar-refractivity contribution in [1.29, 1.82) is 0 Å². The van der Waals surface area contributed by atoms with E-state index >= 15 is 26.3 Å². The average Bonchev–Trinajstić information content (AvgIpc) is 4.02. The van der Waals surface area contributed by atoms with Crippen LogP contribution in [-0.4, -0.2) is 54.0 Å². The van der Waals surface area contributed by atoms with E-state index in [0.717, 1.165) is 81.2 Å². The monoisotopic (exact) mass is 816 g/mol. The van der Waals surface area contributed by atoms with E-state index in [-0.39, 0.29) is 49.4 Å². The van der Waals surface area contributed by atoms with Crippen molar-refractivity contribution in [3.63, 3.8) is 0 Å². The molecule has 2 aromatic heterocycles. The van der Waals surface area contributed by atoms with Gasteiger partial charge in [-0.15, -0.1) is 9.15 Å². The second-order valence-electron chi connectivity index (χ2n) is 20.5. The predicted octanol–water partition coefficient (Wildman–Crippen LogP) is 9.73. The largest absolute Gasteiger partial charge is 0.402 e. The van der Waals surface area contributed by atoms with Gasteiger partial charge >= 0.3 is 18.3 Å². The number of aromatic nitrogens is 2. The standard InChI is InChI=1S/C45H50F6N8/c1-39(11-3-4-12-39)23-27-19-31-52-35-28(24-40(2)13-5-6-14-40)20-32-54-37-30(26-42(44(49,50)51)17-9-10-18-42)22-34-55-38-29(25-41(43(46,47)48)15-7-8-16-41)21-33-53-36(27)56(31)45(57(32)35,58(33)38)59(34)37/h19-22H,3-18,23-26H2,1-2H3/q+2. The van der Waals surface area contributed by atoms with Gasteiger partial charge in [0.15, 0.2) is 0 Å². The summed E-state index contributed by atoms with van der Waals surface area (Å²) in [5, 5.41) is 0. The minimum Gasteiger partial charge on any atom is -0.212 e. The van der Waals surface area contributed by atoms with Crippen LogP contribution in [0.4, 0.5) is 38.0 Å². The summed E-state index contributed by atoms with van der Waals surface area (Å²) >= 11 is 0. The van der Waals surface area contributed by atoms with E-state index in [1.165, 1.54) is 0 Å². The van der Waals surface area contributed by atoms with Gasteiger partial charge in [0.2, 0.25) is 11.3 Å². The van der Waals surface area contributed by atoms with Crippen LogP contribution in [0.3, 0.4) is 0 Å². The van der Waals surface area contributed by atoms with Crippen LogP contribution in [0.2, 0.25) is 0 Å². The lowest BCUT2D eigenvalue weighted by atomic mass is 9.78. The Morgan fingerprint density at radius 3 is 1.56 bits per heavy atom. The Morgan fingerprint density at radius 1 is 0.559 bits per heavy atom. The van der Waals surface area contributed by atoms with Crippen LogP contribution in [0.25, 0.3) is 0 Å². The van der Waals surface area contributed by atoms with Crippen molar-refractivity contribution in [1.82, 2.24) is 9.13 Å². The topological polar surface area (TPSA) is 65.3 Å². The van der Waals surface area contributed by atoms with Gasteiger partial charge in [-0.05, 0) is 93.9 Å². The minimum atomic E-state index is -4.42. The first kappa shape index (κ1) is 36.7. The van der Waals surface area contributed by atoms with Crippen LogP contribution in [-0.2, 0) is 18.8 Å². The summed E-state index contributed by atoms with van der Waals surface area (Å²) in [7, 11) is 0. The molecule has 6 aliphatic heterocycles. The van der Waals surface area contributed by atoms with Crippen molar-refractivity contribution in [2.75, 3.05) is 0 Å². The van der Waals surface area contributed by atoms with Crippen molar-refractivity contribution in [2.24, 2.45) is 41.6 Å². The van der Waals surface area contributed by atoms with Crippen LogP contribution < -0.4 is 11.0 Å². The third-order valence-electron chi connectivity index (χ3n) is 16.4. The molecule has 10 aliphatic rings. The molecule has 59 heavy (non-hydrogen) atoms. The highest BCUT2D eigenvalue weighted by Gasteiger charge is 2.69. The fourth-order valence-electron chi connectivity index (χ4n) is 13.4. The maximum Gasteiger partial charge on any atom is 0.402 e. The zero-order valence-corrected chi connectivity index (χ0v) is 33.8. The van der Waals surface area contributed by atoms with Gasteiger partial charge < -0.3 is 0 Å². The predicted molar refractivity (Wildman–Crippen MR) is 209 cm³/mol. The molecule has 2 aromatic rings. The molecule has 1 spiro atoms. The Morgan fingerprint density at radius 2 is 1.03 bits per heavy atom. The summed E-state index contributed by atoms with van der Waals surface area (Å²) in [6.45, 7) is 4.65. The van der Waals surface area contributed by atoms with Crippen LogP contribution in [0.5, 0.6) is 0 Å². The first-order valence-corrected chi connectivity index (χ1v) is 22.1.